The van der Waals surface area contributed by atoms with Crippen molar-refractivity contribution in [1.29, 1.82) is 0 Å². The molecule has 0 saturated carbocycles. The van der Waals surface area contributed by atoms with Gasteiger partial charge in [-0.05, 0) is 0 Å². The molecule has 0 amide bonds. The van der Waals surface area contributed by atoms with Gasteiger partial charge in [-0.1, -0.05) is 41.9 Å². The highest BCUT2D eigenvalue weighted by atomic mass is 35.5. The Bertz CT molecular complexity index is 1120. The summed E-state index contributed by atoms with van der Waals surface area (Å²) in [7, 11) is 1.47. The number of ether oxygens (including phenoxy) is 1. The van der Waals surface area contributed by atoms with Crippen LogP contribution in [-0.2, 0) is 0 Å². The highest BCUT2D eigenvalue weighted by Gasteiger charge is 2.21. The van der Waals surface area contributed by atoms with Crippen LogP contribution in [0, 0.1) is 0 Å². The van der Waals surface area contributed by atoms with Crippen molar-refractivity contribution in [3.63, 3.8) is 0 Å². The third-order valence-corrected chi connectivity index (χ3v) is 4.26. The van der Waals surface area contributed by atoms with Crippen LogP contribution in [0.3, 0.4) is 0 Å². The summed E-state index contributed by atoms with van der Waals surface area (Å²) in [5.74, 6) is 0.361. The van der Waals surface area contributed by atoms with Gasteiger partial charge in [0.15, 0.2) is 10.9 Å². The van der Waals surface area contributed by atoms with Crippen LogP contribution >= 0.6 is 11.6 Å². The van der Waals surface area contributed by atoms with Gasteiger partial charge in [0.25, 0.3) is 0 Å². The summed E-state index contributed by atoms with van der Waals surface area (Å²) in [5, 5.41) is 4.17. The molecule has 0 radical (unpaired) electrons. The Labute approximate surface area is 157 Å². The molecule has 0 atom stereocenters. The van der Waals surface area contributed by atoms with E-state index in [9.17, 15) is 8.78 Å². The zero-order valence-corrected chi connectivity index (χ0v) is 14.7. The summed E-state index contributed by atoms with van der Waals surface area (Å²) in [4.78, 5) is 12.7. The van der Waals surface area contributed by atoms with Gasteiger partial charge >= 0.3 is 6.55 Å². The first kappa shape index (κ1) is 17.3. The largest absolute Gasteiger partial charge is 0.493 e. The zero-order chi connectivity index (χ0) is 19.0. The van der Waals surface area contributed by atoms with Gasteiger partial charge in [0, 0.05) is 23.4 Å². The first-order valence-electron chi connectivity index (χ1n) is 7.87. The van der Waals surface area contributed by atoms with Crippen molar-refractivity contribution in [2.45, 2.75) is 6.55 Å². The molecule has 1 aromatic carbocycles. The standard InChI is InChI=1S/C18H12ClF2N5O/c1-27-13-7-12-16(24-17(13)19)15(23-9-22-12)11-8-26(18(20)21)25-14(11)10-5-3-2-4-6-10/h2-9,18H,1H3. The molecule has 0 spiro atoms. The van der Waals surface area contributed by atoms with Crippen LogP contribution in [0.25, 0.3) is 33.5 Å². The van der Waals surface area contributed by atoms with E-state index in [2.05, 4.69) is 20.1 Å². The summed E-state index contributed by atoms with van der Waals surface area (Å²) in [6, 6.07) is 10.6. The van der Waals surface area contributed by atoms with Gasteiger partial charge in [0.05, 0.1) is 12.6 Å². The minimum absolute atomic E-state index is 0.128. The smallest absolute Gasteiger partial charge is 0.333 e. The fourth-order valence-electron chi connectivity index (χ4n) is 2.76. The van der Waals surface area contributed by atoms with E-state index in [0.717, 1.165) is 0 Å². The molecule has 3 heterocycles. The van der Waals surface area contributed by atoms with E-state index in [1.807, 2.05) is 6.07 Å². The maximum atomic E-state index is 13.3. The highest BCUT2D eigenvalue weighted by molar-refractivity contribution is 6.31. The number of rotatable bonds is 4. The van der Waals surface area contributed by atoms with Crippen LogP contribution in [0.1, 0.15) is 6.55 Å². The number of halogens is 3. The van der Waals surface area contributed by atoms with Gasteiger partial charge in [-0.2, -0.15) is 13.9 Å². The second-order valence-electron chi connectivity index (χ2n) is 5.59. The van der Waals surface area contributed by atoms with Crippen molar-refractivity contribution in [2.24, 2.45) is 0 Å². The average molecular weight is 388 g/mol. The van der Waals surface area contributed by atoms with Gasteiger partial charge < -0.3 is 4.74 Å². The van der Waals surface area contributed by atoms with E-state index < -0.39 is 6.55 Å². The molecule has 0 saturated heterocycles. The van der Waals surface area contributed by atoms with Crippen molar-refractivity contribution >= 4 is 22.6 Å². The lowest BCUT2D eigenvalue weighted by atomic mass is 10.0. The minimum atomic E-state index is -2.79. The fourth-order valence-corrected chi connectivity index (χ4v) is 2.98. The van der Waals surface area contributed by atoms with E-state index in [-0.39, 0.29) is 5.15 Å². The van der Waals surface area contributed by atoms with Gasteiger partial charge in [0.1, 0.15) is 23.2 Å². The van der Waals surface area contributed by atoms with E-state index in [1.165, 1.54) is 19.6 Å². The summed E-state index contributed by atoms with van der Waals surface area (Å²) in [5.41, 5.74) is 2.65. The van der Waals surface area contributed by atoms with E-state index in [0.29, 0.717) is 44.0 Å². The molecule has 0 unspecified atom stereocenters. The molecule has 136 valence electrons. The lowest BCUT2D eigenvalue weighted by molar-refractivity contribution is 0.0569. The van der Waals surface area contributed by atoms with Crippen LogP contribution in [0.4, 0.5) is 8.78 Å². The van der Waals surface area contributed by atoms with Gasteiger partial charge in [-0.25, -0.2) is 19.6 Å². The molecule has 9 heteroatoms. The van der Waals surface area contributed by atoms with Crippen LogP contribution in [0.5, 0.6) is 5.75 Å². The molecule has 0 aliphatic heterocycles. The summed E-state index contributed by atoms with van der Waals surface area (Å²) in [6.07, 6.45) is 2.58. The number of methoxy groups -OCH3 is 1. The van der Waals surface area contributed by atoms with Crippen LogP contribution in [0.2, 0.25) is 5.15 Å². The second kappa shape index (κ2) is 6.88. The minimum Gasteiger partial charge on any atom is -0.493 e. The first-order valence-corrected chi connectivity index (χ1v) is 8.24. The average Bonchev–Trinajstić information content (AvgIpc) is 3.13. The zero-order valence-electron chi connectivity index (χ0n) is 14.0. The van der Waals surface area contributed by atoms with Crippen molar-refractivity contribution in [3.8, 4) is 28.3 Å². The highest BCUT2D eigenvalue weighted by Crippen LogP contribution is 2.35. The van der Waals surface area contributed by atoms with Crippen molar-refractivity contribution in [2.75, 3.05) is 7.11 Å². The molecular weight excluding hydrogens is 376 g/mol. The predicted octanol–water partition coefficient (Wildman–Crippen LogP) is 4.61. The molecule has 0 aliphatic carbocycles. The molecule has 4 aromatic rings. The SMILES string of the molecule is COc1cc2ncnc(-c3cn(C(F)F)nc3-c3ccccc3)c2nc1Cl. The number of benzene rings is 1. The molecule has 0 aliphatic rings. The summed E-state index contributed by atoms with van der Waals surface area (Å²) < 4.78 is 32.3. The molecule has 3 aromatic heterocycles. The Hall–Kier alpha value is -3.13. The number of aromatic nitrogens is 5. The third-order valence-electron chi connectivity index (χ3n) is 3.99. The van der Waals surface area contributed by atoms with Crippen molar-refractivity contribution < 1.29 is 13.5 Å². The molecule has 6 nitrogen and oxygen atoms in total. The Morgan fingerprint density at radius 1 is 1.11 bits per heavy atom. The molecule has 4 rings (SSSR count). The number of alkyl halides is 2. The quantitative estimate of drug-likeness (QED) is 0.478. The van der Waals surface area contributed by atoms with Crippen molar-refractivity contribution in [3.05, 3.63) is 54.1 Å². The predicted molar refractivity (Wildman–Crippen MR) is 96.8 cm³/mol. The van der Waals surface area contributed by atoms with E-state index >= 15 is 0 Å². The summed E-state index contributed by atoms with van der Waals surface area (Å²) >= 11 is 6.14. The molecule has 0 bridgehead atoms. The van der Waals surface area contributed by atoms with E-state index in [1.54, 1.807) is 30.3 Å². The molecule has 27 heavy (non-hydrogen) atoms. The van der Waals surface area contributed by atoms with Crippen LogP contribution in [-0.4, -0.2) is 31.8 Å². The van der Waals surface area contributed by atoms with Crippen LogP contribution in [0.15, 0.2) is 48.9 Å². The van der Waals surface area contributed by atoms with Crippen LogP contribution < -0.4 is 4.74 Å². The molecular formula is C18H12ClF2N5O. The Morgan fingerprint density at radius 2 is 1.89 bits per heavy atom. The maximum Gasteiger partial charge on any atom is 0.333 e. The number of pyridine rings is 1. The lowest BCUT2D eigenvalue weighted by Crippen LogP contribution is -1.98. The van der Waals surface area contributed by atoms with Gasteiger partial charge in [0.2, 0.25) is 0 Å². The Kier molecular flexibility index (Phi) is 4.41. The van der Waals surface area contributed by atoms with Gasteiger partial charge in [-0.15, -0.1) is 0 Å². The number of fused-ring (bicyclic) bond motifs is 1. The monoisotopic (exact) mass is 387 g/mol. The molecule has 0 N–H and O–H groups in total. The van der Waals surface area contributed by atoms with E-state index in [4.69, 9.17) is 16.3 Å². The number of hydrogen-bond acceptors (Lipinski definition) is 5. The van der Waals surface area contributed by atoms with Crippen molar-refractivity contribution in [1.82, 2.24) is 24.7 Å². The molecule has 0 fully saturated rings. The Morgan fingerprint density at radius 3 is 2.59 bits per heavy atom. The first-order chi connectivity index (χ1) is 13.1. The second-order valence-corrected chi connectivity index (χ2v) is 5.94. The topological polar surface area (TPSA) is 65.7 Å². The van der Waals surface area contributed by atoms with Gasteiger partial charge in [-0.3, -0.25) is 0 Å². The third kappa shape index (κ3) is 3.08. The normalized spacial score (nSPS) is 11.3. The number of nitrogens with zero attached hydrogens (tertiary/aromatic N) is 5. The fraction of sp³-hybridized carbons (Fsp3) is 0.111. The lowest BCUT2D eigenvalue weighted by Gasteiger charge is -2.07. The Balaban J connectivity index is 2.00. The summed E-state index contributed by atoms with van der Waals surface area (Å²) in [6.45, 7) is -2.79. The number of hydrogen-bond donors (Lipinski definition) is 0. The maximum absolute atomic E-state index is 13.3.